The second kappa shape index (κ2) is 10.5. The molecule has 2 atom stereocenters. The van der Waals surface area contributed by atoms with Crippen LogP contribution in [0.3, 0.4) is 0 Å². The molecule has 0 bridgehead atoms. The van der Waals surface area contributed by atoms with Gasteiger partial charge in [0.2, 0.25) is 11.8 Å². The molecule has 1 saturated heterocycles. The molecule has 2 aromatic rings. The average Bonchev–Trinajstić information content (AvgIpc) is 3.58. The molecule has 0 aromatic heterocycles. The van der Waals surface area contributed by atoms with Crippen LogP contribution in [0.15, 0.2) is 45.7 Å². The van der Waals surface area contributed by atoms with Gasteiger partial charge < -0.3 is 9.64 Å². The molecule has 1 aliphatic carbocycles. The minimum atomic E-state index is -3.25. The fourth-order valence-electron chi connectivity index (χ4n) is 5.79. The summed E-state index contributed by atoms with van der Waals surface area (Å²) in [6, 6.07) is 9.16. The van der Waals surface area contributed by atoms with Gasteiger partial charge in [0.1, 0.15) is 27.5 Å². The molecule has 0 spiro atoms. The van der Waals surface area contributed by atoms with Crippen LogP contribution in [0.5, 0.6) is 5.75 Å². The second-order valence-electron chi connectivity index (χ2n) is 10.5. The number of carbonyl (C=O) groups is 1. The molecular weight excluding hydrogens is 515 g/mol. The molecule has 38 heavy (non-hydrogen) atoms. The Hall–Kier alpha value is -2.59. The maximum atomic E-state index is 14.4. The molecule has 10 heteroatoms. The highest BCUT2D eigenvalue weighted by atomic mass is 32.2. The summed E-state index contributed by atoms with van der Waals surface area (Å²) in [5.41, 5.74) is 2.40. The highest BCUT2D eigenvalue weighted by molar-refractivity contribution is 7.91. The van der Waals surface area contributed by atoms with Crippen molar-refractivity contribution in [2.75, 3.05) is 20.2 Å². The summed E-state index contributed by atoms with van der Waals surface area (Å²) >= 11 is 0. The van der Waals surface area contributed by atoms with Crippen LogP contribution in [0.25, 0.3) is 0 Å². The molecule has 2 heterocycles. The zero-order valence-electron chi connectivity index (χ0n) is 21.8. The van der Waals surface area contributed by atoms with Gasteiger partial charge in [-0.05, 0) is 67.5 Å². The van der Waals surface area contributed by atoms with Crippen LogP contribution in [0.4, 0.5) is 13.2 Å². The van der Waals surface area contributed by atoms with E-state index < -0.39 is 27.7 Å². The summed E-state index contributed by atoms with van der Waals surface area (Å²) < 4.78 is 68.2. The molecule has 1 amide bonds. The van der Waals surface area contributed by atoms with Gasteiger partial charge in [0.05, 0.1) is 11.5 Å². The fourth-order valence-corrected chi connectivity index (χ4v) is 7.90. The van der Waals surface area contributed by atoms with Crippen molar-refractivity contribution in [2.24, 2.45) is 4.36 Å². The number of halogens is 3. The first kappa shape index (κ1) is 27.0. The predicted octanol–water partition coefficient (Wildman–Crippen LogP) is 5.51. The van der Waals surface area contributed by atoms with E-state index in [-0.39, 0.29) is 49.1 Å². The van der Waals surface area contributed by atoms with Gasteiger partial charge in [-0.25, -0.2) is 26.0 Å². The van der Waals surface area contributed by atoms with Crippen molar-refractivity contribution in [3.05, 3.63) is 58.9 Å². The van der Waals surface area contributed by atoms with Crippen LogP contribution in [0.1, 0.15) is 55.2 Å². The van der Waals surface area contributed by atoms with Gasteiger partial charge in [-0.2, -0.15) is 0 Å². The highest BCUT2D eigenvalue weighted by Gasteiger charge is 2.44. The zero-order chi connectivity index (χ0) is 27.1. The number of carbonyl (C=O) groups excluding carboxylic acids is 1. The Balaban J connectivity index is 1.46. The number of amides is 1. The maximum absolute atomic E-state index is 14.4. The molecular formula is C28H34F3N3O3S. The van der Waals surface area contributed by atoms with E-state index in [1.54, 1.807) is 28.3 Å². The number of alkyl halides is 2. The Labute approximate surface area is 222 Å². The summed E-state index contributed by atoms with van der Waals surface area (Å²) in [5, 5.41) is 0. The van der Waals surface area contributed by atoms with Crippen LogP contribution in [-0.4, -0.2) is 57.5 Å². The molecule has 6 nitrogen and oxygen atoms in total. The minimum absolute atomic E-state index is 0.198. The lowest BCUT2D eigenvalue weighted by Gasteiger charge is -2.39. The molecule has 3 aliphatic rings. The Morgan fingerprint density at radius 1 is 1.18 bits per heavy atom. The number of aryl methyl sites for hydroxylation is 1. The predicted molar refractivity (Wildman–Crippen MR) is 139 cm³/mol. The van der Waals surface area contributed by atoms with Gasteiger partial charge in [0.15, 0.2) is 0 Å². The SMILES string of the molecule is CN=S(=O)(c1ccc(C)c(F)c1)N1CCC[C@H]1C(=O)N(Cc1ccc2c(c1)OCC2)C1CCC(F)(F)CC1. The van der Waals surface area contributed by atoms with Gasteiger partial charge in [-0.1, -0.05) is 18.2 Å². The summed E-state index contributed by atoms with van der Waals surface area (Å²) in [6.07, 6.45) is 1.78. The van der Waals surface area contributed by atoms with Gasteiger partial charge >= 0.3 is 0 Å². The van der Waals surface area contributed by atoms with Gasteiger partial charge in [-0.15, -0.1) is 0 Å². The second-order valence-corrected chi connectivity index (χ2v) is 12.8. The number of hydrogen-bond acceptors (Lipinski definition) is 4. The first-order chi connectivity index (χ1) is 18.1. The van der Waals surface area contributed by atoms with E-state index >= 15 is 0 Å². The average molecular weight is 550 g/mol. The third-order valence-electron chi connectivity index (χ3n) is 8.03. The molecule has 1 unspecified atom stereocenters. The summed E-state index contributed by atoms with van der Waals surface area (Å²) in [7, 11) is -1.83. The Kier molecular flexibility index (Phi) is 7.48. The topological polar surface area (TPSA) is 62.2 Å². The van der Waals surface area contributed by atoms with E-state index in [9.17, 15) is 22.2 Å². The molecule has 2 fully saturated rings. The smallest absolute Gasteiger partial charge is 0.248 e. The largest absolute Gasteiger partial charge is 0.493 e. The number of rotatable bonds is 6. The van der Waals surface area contributed by atoms with E-state index in [0.29, 0.717) is 31.6 Å². The van der Waals surface area contributed by atoms with E-state index in [1.165, 1.54) is 13.1 Å². The highest BCUT2D eigenvalue weighted by Crippen LogP contribution is 2.38. The van der Waals surface area contributed by atoms with Crippen molar-refractivity contribution in [3.63, 3.8) is 0 Å². The Morgan fingerprint density at radius 3 is 2.66 bits per heavy atom. The third-order valence-corrected chi connectivity index (χ3v) is 10.5. The quantitative estimate of drug-likeness (QED) is 0.477. The molecule has 1 saturated carbocycles. The first-order valence-electron chi connectivity index (χ1n) is 13.2. The lowest BCUT2D eigenvalue weighted by Crippen LogP contribution is -2.52. The standard InChI is InChI=1S/C28H34F3N3O3S/c1-19-5-8-23(17-24(19)29)38(36,32-2)34-14-3-4-25(34)27(35)33(22-9-12-28(30,31)13-10-22)18-20-6-7-21-11-15-37-26(21)16-20/h5-8,16-17,22,25H,3-4,9-15,18H2,1-2H3/t25-,38?/m0/s1. The Bertz CT molecular complexity index is 1330. The van der Waals surface area contributed by atoms with Crippen LogP contribution >= 0.6 is 0 Å². The number of fused-ring (bicyclic) bond motifs is 1. The lowest BCUT2D eigenvalue weighted by molar-refractivity contribution is -0.141. The lowest BCUT2D eigenvalue weighted by atomic mass is 9.90. The number of ether oxygens (including phenoxy) is 1. The van der Waals surface area contributed by atoms with Crippen molar-refractivity contribution in [1.82, 2.24) is 9.21 Å². The third kappa shape index (κ3) is 5.17. The maximum Gasteiger partial charge on any atom is 0.248 e. The van der Waals surface area contributed by atoms with Gasteiger partial charge in [0, 0.05) is 45.4 Å². The minimum Gasteiger partial charge on any atom is -0.493 e. The van der Waals surface area contributed by atoms with Crippen molar-refractivity contribution in [2.45, 2.75) is 81.3 Å². The van der Waals surface area contributed by atoms with Crippen molar-refractivity contribution < 1.29 is 26.9 Å². The molecule has 5 rings (SSSR count). The Morgan fingerprint density at radius 2 is 1.95 bits per heavy atom. The van der Waals surface area contributed by atoms with Crippen LogP contribution in [0.2, 0.25) is 0 Å². The summed E-state index contributed by atoms with van der Waals surface area (Å²) in [6.45, 7) is 2.86. The van der Waals surface area contributed by atoms with E-state index in [4.69, 9.17) is 4.74 Å². The van der Waals surface area contributed by atoms with E-state index in [2.05, 4.69) is 4.36 Å². The monoisotopic (exact) mass is 549 g/mol. The fraction of sp³-hybridized carbons (Fsp3) is 0.536. The van der Waals surface area contributed by atoms with E-state index in [1.807, 2.05) is 18.2 Å². The van der Waals surface area contributed by atoms with Gasteiger partial charge in [-0.3, -0.25) is 4.79 Å². The van der Waals surface area contributed by atoms with Crippen molar-refractivity contribution >= 4 is 15.8 Å². The van der Waals surface area contributed by atoms with Crippen LogP contribution in [-0.2, 0) is 27.7 Å². The molecule has 0 N–H and O–H groups in total. The molecule has 0 radical (unpaired) electrons. The molecule has 2 aromatic carbocycles. The van der Waals surface area contributed by atoms with Crippen LogP contribution in [0, 0.1) is 12.7 Å². The van der Waals surface area contributed by atoms with Crippen molar-refractivity contribution in [1.29, 1.82) is 0 Å². The zero-order valence-corrected chi connectivity index (χ0v) is 22.6. The van der Waals surface area contributed by atoms with Crippen LogP contribution < -0.4 is 4.74 Å². The number of benzene rings is 2. The van der Waals surface area contributed by atoms with E-state index in [0.717, 1.165) is 23.3 Å². The number of nitrogens with zero attached hydrogens (tertiary/aromatic N) is 3. The first-order valence-corrected chi connectivity index (χ1v) is 14.7. The van der Waals surface area contributed by atoms with Gasteiger partial charge in [0.25, 0.3) is 0 Å². The molecule has 206 valence electrons. The summed E-state index contributed by atoms with van der Waals surface area (Å²) in [5.74, 6) is -2.66. The normalized spacial score (nSPS) is 22.9. The van der Waals surface area contributed by atoms with Crippen molar-refractivity contribution in [3.8, 4) is 5.75 Å². The molecule has 2 aliphatic heterocycles. The summed E-state index contributed by atoms with van der Waals surface area (Å²) in [4.78, 5) is 16.1. The number of hydrogen-bond donors (Lipinski definition) is 0.